The van der Waals surface area contributed by atoms with Gasteiger partial charge in [0.15, 0.2) is 0 Å². The number of nitrogens with one attached hydrogen (secondary N) is 1. The summed E-state index contributed by atoms with van der Waals surface area (Å²) in [5.74, 6) is -0.672. The van der Waals surface area contributed by atoms with Gasteiger partial charge < -0.3 is 10.2 Å². The summed E-state index contributed by atoms with van der Waals surface area (Å²) in [5, 5.41) is 3.54. The van der Waals surface area contributed by atoms with Gasteiger partial charge in [-0.1, -0.05) is 67.4 Å². The first-order chi connectivity index (χ1) is 18.8. The Morgan fingerprint density at radius 2 is 1.50 bits per heavy atom. The van der Waals surface area contributed by atoms with Crippen molar-refractivity contribution in [2.45, 2.75) is 52.1 Å². The van der Waals surface area contributed by atoms with Gasteiger partial charge in [0.2, 0.25) is 11.8 Å². The molecule has 7 nitrogen and oxygen atoms in total. The summed E-state index contributed by atoms with van der Waals surface area (Å²) in [6, 6.07) is 17.4. The number of nitrogens with zero attached hydrogens (tertiary/aromatic N) is 2. The van der Waals surface area contributed by atoms with E-state index in [0.29, 0.717) is 27.8 Å². The van der Waals surface area contributed by atoms with Crippen LogP contribution in [-0.4, -0.2) is 44.3 Å². The normalized spacial score (nSPS) is 12.2. The zero-order chi connectivity index (χ0) is 29.6. The van der Waals surface area contributed by atoms with Crippen molar-refractivity contribution >= 4 is 50.7 Å². The molecule has 0 aliphatic heterocycles. The minimum absolute atomic E-state index is 0.0259. The maximum absolute atomic E-state index is 14.0. The molecule has 40 heavy (non-hydrogen) atoms. The first kappa shape index (κ1) is 31.5. The minimum Gasteiger partial charge on any atom is -0.354 e. The van der Waals surface area contributed by atoms with Crippen LogP contribution in [0.15, 0.2) is 71.6 Å². The Hall–Kier alpha value is -3.07. The predicted octanol–water partition coefficient (Wildman–Crippen LogP) is 6.00. The quantitative estimate of drug-likeness (QED) is 0.291. The smallest absolute Gasteiger partial charge is 0.264 e. The second-order valence-corrected chi connectivity index (χ2v) is 12.9. The molecule has 2 amide bonds. The summed E-state index contributed by atoms with van der Waals surface area (Å²) in [5.41, 5.74) is 2.71. The Kier molecular flexibility index (Phi) is 10.6. The van der Waals surface area contributed by atoms with Gasteiger partial charge in [-0.3, -0.25) is 13.9 Å². The van der Waals surface area contributed by atoms with Gasteiger partial charge in [0.05, 0.1) is 20.6 Å². The van der Waals surface area contributed by atoms with E-state index in [1.54, 1.807) is 55.5 Å². The van der Waals surface area contributed by atoms with Gasteiger partial charge >= 0.3 is 0 Å². The Bertz CT molecular complexity index is 1440. The molecule has 3 aromatic carbocycles. The number of hydrogen-bond donors (Lipinski definition) is 1. The molecule has 0 aliphatic carbocycles. The fraction of sp³-hybridized carbons (Fsp3) is 0.333. The first-order valence-corrected chi connectivity index (χ1v) is 15.2. The lowest BCUT2D eigenvalue weighted by atomic mass is 10.1. The number of hydrogen-bond acceptors (Lipinski definition) is 4. The largest absolute Gasteiger partial charge is 0.354 e. The molecule has 0 heterocycles. The molecule has 3 aromatic rings. The molecule has 0 saturated heterocycles. The highest BCUT2D eigenvalue weighted by atomic mass is 35.5. The summed E-state index contributed by atoms with van der Waals surface area (Å²) in [6.45, 7) is 9.25. The highest BCUT2D eigenvalue weighted by Gasteiger charge is 2.32. The van der Waals surface area contributed by atoms with Crippen LogP contribution < -0.4 is 9.62 Å². The van der Waals surface area contributed by atoms with Crippen molar-refractivity contribution in [3.63, 3.8) is 0 Å². The van der Waals surface area contributed by atoms with Crippen molar-refractivity contribution in [2.75, 3.05) is 17.4 Å². The first-order valence-electron chi connectivity index (χ1n) is 13.0. The summed E-state index contributed by atoms with van der Waals surface area (Å²) >= 11 is 12.3. The van der Waals surface area contributed by atoms with Crippen LogP contribution in [0.5, 0.6) is 0 Å². The molecule has 0 fully saturated rings. The number of carbonyl (C=O) groups excluding carboxylic acids is 2. The summed E-state index contributed by atoms with van der Waals surface area (Å²) in [6.07, 6.45) is 0. The van der Waals surface area contributed by atoms with Crippen LogP contribution in [0.25, 0.3) is 0 Å². The highest BCUT2D eigenvalue weighted by Crippen LogP contribution is 2.27. The molecule has 0 aromatic heterocycles. The Morgan fingerprint density at radius 3 is 2.08 bits per heavy atom. The molecule has 214 valence electrons. The van der Waals surface area contributed by atoms with E-state index in [1.807, 2.05) is 33.8 Å². The molecular formula is C30H35Cl2N3O4S. The van der Waals surface area contributed by atoms with Gasteiger partial charge in [0.25, 0.3) is 10.0 Å². The van der Waals surface area contributed by atoms with Crippen LogP contribution >= 0.6 is 23.2 Å². The second-order valence-electron chi connectivity index (χ2n) is 10.3. The molecule has 0 bridgehead atoms. The molecule has 0 radical (unpaired) electrons. The van der Waals surface area contributed by atoms with Gasteiger partial charge in [-0.15, -0.1) is 0 Å². The van der Waals surface area contributed by atoms with Gasteiger partial charge in [-0.2, -0.15) is 0 Å². The zero-order valence-corrected chi connectivity index (χ0v) is 25.6. The van der Waals surface area contributed by atoms with Crippen LogP contribution in [-0.2, 0) is 26.2 Å². The molecular weight excluding hydrogens is 569 g/mol. The Balaban J connectivity index is 2.05. The number of aryl methyl sites for hydroxylation is 2. The van der Waals surface area contributed by atoms with E-state index in [0.717, 1.165) is 15.4 Å². The Labute approximate surface area is 247 Å². The van der Waals surface area contributed by atoms with E-state index >= 15 is 0 Å². The van der Waals surface area contributed by atoms with E-state index in [-0.39, 0.29) is 23.3 Å². The second kappa shape index (κ2) is 13.5. The lowest BCUT2D eigenvalue weighted by molar-refractivity contribution is -0.139. The van der Waals surface area contributed by atoms with Crippen LogP contribution in [0, 0.1) is 19.8 Å². The lowest BCUT2D eigenvalue weighted by Crippen LogP contribution is -2.51. The highest BCUT2D eigenvalue weighted by molar-refractivity contribution is 7.92. The maximum Gasteiger partial charge on any atom is 0.264 e. The fourth-order valence-corrected chi connectivity index (χ4v) is 5.95. The van der Waals surface area contributed by atoms with Crippen molar-refractivity contribution in [3.8, 4) is 0 Å². The number of sulfonamides is 1. The van der Waals surface area contributed by atoms with E-state index in [1.165, 1.54) is 17.0 Å². The van der Waals surface area contributed by atoms with Gasteiger partial charge in [-0.25, -0.2) is 8.42 Å². The lowest BCUT2D eigenvalue weighted by Gasteiger charge is -2.32. The average molecular weight is 605 g/mol. The van der Waals surface area contributed by atoms with Crippen LogP contribution in [0.2, 0.25) is 10.0 Å². The number of halogens is 2. The van der Waals surface area contributed by atoms with Crippen LogP contribution in [0.3, 0.4) is 0 Å². The molecule has 0 aliphatic rings. The SMILES string of the molecule is Cc1cc(C)cc(N(CC(=O)N(Cc2ccc(Cl)c(Cl)c2)[C@H](C)C(=O)NCC(C)C)S(=O)(=O)c2ccccc2)c1. The monoisotopic (exact) mass is 603 g/mol. The van der Waals surface area contributed by atoms with E-state index in [4.69, 9.17) is 23.2 Å². The molecule has 0 saturated carbocycles. The third kappa shape index (κ3) is 7.99. The molecule has 1 N–H and O–H groups in total. The zero-order valence-electron chi connectivity index (χ0n) is 23.3. The maximum atomic E-state index is 14.0. The van der Waals surface area contributed by atoms with Crippen molar-refractivity contribution in [3.05, 3.63) is 93.5 Å². The molecule has 1 atom stereocenters. The third-order valence-corrected chi connectivity index (χ3v) is 8.82. The fourth-order valence-electron chi connectivity index (χ4n) is 4.21. The van der Waals surface area contributed by atoms with Gasteiger partial charge in [-0.05, 0) is 79.8 Å². The number of rotatable bonds is 11. The molecule has 0 unspecified atom stereocenters. The van der Waals surface area contributed by atoms with Crippen molar-refractivity contribution < 1.29 is 18.0 Å². The standard InChI is InChI=1S/C30H35Cl2N3O4S/c1-20(2)17-33-30(37)23(5)34(18-24-11-12-27(31)28(32)16-24)29(36)19-35(25-14-21(3)13-22(4)15-25)40(38,39)26-9-7-6-8-10-26/h6-16,20,23H,17-19H2,1-5H3,(H,33,37)/t23-/m1/s1. The minimum atomic E-state index is -4.12. The summed E-state index contributed by atoms with van der Waals surface area (Å²) in [4.78, 5) is 28.5. The molecule has 10 heteroatoms. The predicted molar refractivity (Wildman–Crippen MR) is 161 cm³/mol. The number of benzene rings is 3. The number of carbonyl (C=O) groups is 2. The molecule has 0 spiro atoms. The number of amides is 2. The van der Waals surface area contributed by atoms with Gasteiger partial charge in [0.1, 0.15) is 12.6 Å². The molecule has 3 rings (SSSR count). The summed E-state index contributed by atoms with van der Waals surface area (Å²) < 4.78 is 28.9. The van der Waals surface area contributed by atoms with Gasteiger partial charge in [0, 0.05) is 13.1 Å². The van der Waals surface area contributed by atoms with Crippen LogP contribution in [0.1, 0.15) is 37.5 Å². The van der Waals surface area contributed by atoms with Crippen LogP contribution in [0.4, 0.5) is 5.69 Å². The summed E-state index contributed by atoms with van der Waals surface area (Å²) in [7, 11) is -4.12. The topological polar surface area (TPSA) is 86.8 Å². The third-order valence-electron chi connectivity index (χ3n) is 6.29. The van der Waals surface area contributed by atoms with E-state index in [9.17, 15) is 18.0 Å². The Morgan fingerprint density at radius 1 is 0.875 bits per heavy atom. The van der Waals surface area contributed by atoms with E-state index in [2.05, 4.69) is 5.32 Å². The van der Waals surface area contributed by atoms with Crippen molar-refractivity contribution in [1.29, 1.82) is 0 Å². The number of anilines is 1. The van der Waals surface area contributed by atoms with E-state index < -0.39 is 28.5 Å². The van der Waals surface area contributed by atoms with Crippen molar-refractivity contribution in [2.24, 2.45) is 5.92 Å². The average Bonchev–Trinajstić information content (AvgIpc) is 2.90. The van der Waals surface area contributed by atoms with Crippen molar-refractivity contribution in [1.82, 2.24) is 10.2 Å².